The topological polar surface area (TPSA) is 112 Å². The van der Waals surface area contributed by atoms with Crippen molar-refractivity contribution in [3.8, 4) is 0 Å². The molecule has 1 aliphatic heterocycles. The lowest BCUT2D eigenvalue weighted by Gasteiger charge is -2.16. The third-order valence-corrected chi connectivity index (χ3v) is 5.16. The molecule has 12 heteroatoms. The molecule has 0 atom stereocenters. The normalized spacial score (nSPS) is 13.5. The van der Waals surface area contributed by atoms with Crippen LogP contribution in [0.4, 0.5) is 18.9 Å². The molecule has 0 aromatic heterocycles. The lowest BCUT2D eigenvalue weighted by Crippen LogP contribution is -2.27. The zero-order valence-corrected chi connectivity index (χ0v) is 17.7. The minimum atomic E-state index is -1.43. The zero-order chi connectivity index (χ0) is 21.9. The summed E-state index contributed by atoms with van der Waals surface area (Å²) in [5, 5.41) is 23.3. The molecule has 0 aliphatic carbocycles. The van der Waals surface area contributed by atoms with Crippen molar-refractivity contribution in [3.63, 3.8) is 0 Å². The summed E-state index contributed by atoms with van der Waals surface area (Å²) in [6.07, 6.45) is 2.54. The van der Waals surface area contributed by atoms with E-state index in [0.717, 1.165) is 12.3 Å². The highest BCUT2D eigenvalue weighted by Gasteiger charge is 2.23. The average Bonchev–Trinajstić information content (AvgIpc) is 2.74. The molecule has 30 heavy (non-hydrogen) atoms. The van der Waals surface area contributed by atoms with Gasteiger partial charge in [-0.3, -0.25) is 9.63 Å². The molecule has 8 nitrogen and oxygen atoms in total. The first-order valence-electron chi connectivity index (χ1n) is 8.59. The molecule has 164 valence electrons. The number of nitrogens with zero attached hydrogens (tertiary/aromatic N) is 1. The molecule has 1 aliphatic rings. The number of anilines is 1. The quantitative estimate of drug-likeness (QED) is 0.148. The number of allylic oxidation sites excluding steroid dienone is 2. The third-order valence-electron chi connectivity index (χ3n) is 3.48. The molecular formula is C18H19F3IN3O5. The molecule has 0 unspecified atom stereocenters. The third kappa shape index (κ3) is 6.62. The van der Waals surface area contributed by atoms with Crippen LogP contribution in [-0.2, 0) is 9.68 Å². The van der Waals surface area contributed by atoms with E-state index < -0.39 is 60.9 Å². The number of halogens is 4. The maximum atomic E-state index is 14.8. The van der Waals surface area contributed by atoms with Gasteiger partial charge < -0.3 is 20.4 Å². The van der Waals surface area contributed by atoms with E-state index in [1.165, 1.54) is 10.1 Å². The van der Waals surface area contributed by atoms with Crippen molar-refractivity contribution in [2.24, 2.45) is 5.16 Å². The molecule has 2 rings (SSSR count). The molecule has 0 saturated heterocycles. The molecule has 1 heterocycles. The van der Waals surface area contributed by atoms with Crippen molar-refractivity contribution in [2.45, 2.75) is 6.42 Å². The van der Waals surface area contributed by atoms with Crippen molar-refractivity contribution in [1.29, 1.82) is 0 Å². The second-order valence-corrected chi connectivity index (χ2v) is 7.64. The Balaban J connectivity index is 2.40. The van der Waals surface area contributed by atoms with Gasteiger partial charge in [-0.1, -0.05) is 25.9 Å². The Morgan fingerprint density at radius 1 is 1.20 bits per heavy atom. The molecule has 0 radical (unpaired) electrons. The largest absolute Gasteiger partial charge is 0.396 e. The first-order chi connectivity index (χ1) is 14.5. The van der Waals surface area contributed by atoms with Gasteiger partial charge in [0.25, 0.3) is 5.91 Å². The number of hydrogen-bond acceptors (Lipinski definition) is 7. The predicted molar refractivity (Wildman–Crippen MR) is 113 cm³/mol. The van der Waals surface area contributed by atoms with E-state index in [0.29, 0.717) is 6.42 Å². The Kier molecular flexibility index (Phi) is 9.93. The van der Waals surface area contributed by atoms with Crippen LogP contribution in [0.3, 0.4) is 0 Å². The van der Waals surface area contributed by atoms with E-state index in [-0.39, 0.29) is 32.1 Å². The Morgan fingerprint density at radius 2 is 2.00 bits per heavy atom. The van der Waals surface area contributed by atoms with Crippen molar-refractivity contribution in [2.75, 3.05) is 31.7 Å². The van der Waals surface area contributed by atoms with Gasteiger partial charge in [0.1, 0.15) is 6.61 Å². The lowest BCUT2D eigenvalue weighted by atomic mass is 10.1. The highest BCUT2D eigenvalue weighted by atomic mass is 127. The van der Waals surface area contributed by atoms with Crippen molar-refractivity contribution >= 4 is 42.6 Å². The molecule has 1 aromatic rings. The molecule has 0 fully saturated rings. The summed E-state index contributed by atoms with van der Waals surface area (Å²) in [7, 11) is 0. The Bertz CT molecular complexity index is 890. The minimum absolute atomic E-state index is 0.0535. The molecule has 4 N–H and O–H groups in total. The van der Waals surface area contributed by atoms with E-state index in [2.05, 4.69) is 10.5 Å². The van der Waals surface area contributed by atoms with Gasteiger partial charge in [-0.25, -0.2) is 18.7 Å². The fourth-order valence-corrected chi connectivity index (χ4v) is 3.53. The first-order valence-corrected chi connectivity index (χ1v) is 11.1. The number of benzene rings is 1. The monoisotopic (exact) mass is 541 g/mol. The molecule has 0 bridgehead atoms. The summed E-state index contributed by atoms with van der Waals surface area (Å²) < 4.78 is 46.3. The number of amides is 1. The Labute approximate surface area is 179 Å². The lowest BCUT2D eigenvalue weighted by molar-refractivity contribution is 0.0168. The van der Waals surface area contributed by atoms with Crippen LogP contribution < -0.4 is 10.8 Å². The number of hydrogen-bond donors (Lipinski definition) is 4. The standard InChI is InChI=1S/C18H19F3IN3O5/c19-13-9-22-3-2-14(13)24-17-12(18(28)25-30-7-5-27)8-11(15(20)16(17)21)10-23-29-6-1-4-26/h2-3,8-10,24,26-27H,1,4-7H2,(H,25,28)/b23-10+. The number of carbonyl (C=O) groups excluding carboxylic acids is 1. The van der Waals surface area contributed by atoms with E-state index >= 15 is 0 Å². The van der Waals surface area contributed by atoms with Crippen LogP contribution in [-0.4, -0.2) is 52.8 Å². The molecular weight excluding hydrogens is 522 g/mol. The summed E-state index contributed by atoms with van der Waals surface area (Å²) in [4.78, 5) is 21.9. The van der Waals surface area contributed by atoms with Crippen molar-refractivity contribution in [3.05, 3.63) is 50.5 Å². The number of hydroxylamine groups is 1. The number of rotatable bonds is 11. The maximum Gasteiger partial charge on any atom is 0.277 e. The first kappa shape index (κ1) is 24.0. The van der Waals surface area contributed by atoms with E-state index in [4.69, 9.17) is 19.9 Å². The highest BCUT2D eigenvalue weighted by molar-refractivity contribution is 14.2. The van der Waals surface area contributed by atoms with Gasteiger partial charge in [-0.05, 0) is 16.2 Å². The second-order valence-electron chi connectivity index (χ2n) is 5.58. The number of carbonyl (C=O) groups is 1. The molecule has 1 aromatic carbocycles. The number of nitrogens with one attached hydrogen (secondary N) is 2. The second kappa shape index (κ2) is 12.4. The summed E-state index contributed by atoms with van der Waals surface area (Å²) >= 11 is -0.608. The fourth-order valence-electron chi connectivity index (χ4n) is 2.10. The van der Waals surface area contributed by atoms with Gasteiger partial charge >= 0.3 is 0 Å². The van der Waals surface area contributed by atoms with Crippen molar-refractivity contribution < 1.29 is 37.9 Å². The van der Waals surface area contributed by atoms with Crippen LogP contribution >= 0.6 is 20.7 Å². The summed E-state index contributed by atoms with van der Waals surface area (Å²) in [5.41, 5.74) is 0.467. The van der Waals surface area contributed by atoms with Gasteiger partial charge in [0, 0.05) is 22.6 Å². The van der Waals surface area contributed by atoms with Gasteiger partial charge in [-0.2, -0.15) is 0 Å². The van der Waals surface area contributed by atoms with Crippen LogP contribution in [0.1, 0.15) is 22.3 Å². The summed E-state index contributed by atoms with van der Waals surface area (Å²) in [6.45, 7) is -0.685. The Morgan fingerprint density at radius 3 is 2.70 bits per heavy atom. The smallest absolute Gasteiger partial charge is 0.277 e. The minimum Gasteiger partial charge on any atom is -0.396 e. The zero-order valence-electron chi connectivity index (χ0n) is 15.5. The van der Waals surface area contributed by atoms with Gasteiger partial charge in [0.2, 0.25) is 0 Å². The van der Waals surface area contributed by atoms with E-state index in [1.807, 2.05) is 5.48 Å². The van der Waals surface area contributed by atoms with Crippen LogP contribution in [0.5, 0.6) is 0 Å². The molecule has 0 saturated carbocycles. The molecule has 0 spiro atoms. The number of aliphatic hydroxyl groups excluding tert-OH is 2. The van der Waals surface area contributed by atoms with Crippen molar-refractivity contribution in [1.82, 2.24) is 5.48 Å². The van der Waals surface area contributed by atoms with Gasteiger partial charge in [-0.15, -0.1) is 0 Å². The Hall–Kier alpha value is -2.29. The SMILES string of the molecule is O=C(NOCCO)c1cc(/C=N/OCCCO)c(F)c(F)c1NC1=C(F)C=IC=C1. The maximum absolute atomic E-state index is 14.8. The van der Waals surface area contributed by atoms with E-state index in [1.54, 1.807) is 4.08 Å². The molecule has 1 amide bonds. The van der Waals surface area contributed by atoms with Gasteiger partial charge in [0.15, 0.2) is 17.5 Å². The van der Waals surface area contributed by atoms with Crippen LogP contribution in [0.15, 0.2) is 32.9 Å². The average molecular weight is 541 g/mol. The van der Waals surface area contributed by atoms with Crippen LogP contribution in [0.2, 0.25) is 0 Å². The van der Waals surface area contributed by atoms with Crippen LogP contribution in [0, 0.1) is 11.6 Å². The predicted octanol–water partition coefficient (Wildman–Crippen LogP) is 2.24. The fraction of sp³-hybridized carbons (Fsp3) is 0.278. The number of oxime groups is 1. The van der Waals surface area contributed by atoms with Crippen LogP contribution in [0.25, 0.3) is 0 Å². The highest BCUT2D eigenvalue weighted by Crippen LogP contribution is 2.29. The van der Waals surface area contributed by atoms with E-state index in [9.17, 15) is 18.0 Å². The van der Waals surface area contributed by atoms with Gasteiger partial charge in [0.05, 0.1) is 36.4 Å². The summed E-state index contributed by atoms with van der Waals surface area (Å²) in [5.74, 6) is -4.37. The summed E-state index contributed by atoms with van der Waals surface area (Å²) in [6, 6.07) is 0.985. The number of aliphatic hydroxyl groups is 2.